The lowest BCUT2D eigenvalue weighted by atomic mass is 9.95. The number of nitrogens with zero attached hydrogens (tertiary/aromatic N) is 1. The van der Waals surface area contributed by atoms with E-state index in [1.807, 2.05) is 32.9 Å². The molecule has 0 aliphatic rings. The molecule has 0 aliphatic carbocycles. The van der Waals surface area contributed by atoms with Crippen LogP contribution in [-0.2, 0) is 9.59 Å². The molecule has 1 unspecified atom stereocenters. The number of anilines is 1. The SMILES string of the molecule is Cc1ccc(N(CC(=O)O)C(=O)C(CN)CC(C)C)cc1. The number of nitrogens with two attached hydrogens (primary N) is 1. The Morgan fingerprint density at radius 3 is 2.24 bits per heavy atom. The van der Waals surface area contributed by atoms with Crippen LogP contribution >= 0.6 is 0 Å². The first-order valence-corrected chi connectivity index (χ1v) is 7.15. The summed E-state index contributed by atoms with van der Waals surface area (Å²) in [4.78, 5) is 25.0. The van der Waals surface area contributed by atoms with E-state index in [-0.39, 0.29) is 24.9 Å². The van der Waals surface area contributed by atoms with Crippen LogP contribution in [0.1, 0.15) is 25.8 Å². The minimum Gasteiger partial charge on any atom is -0.480 e. The van der Waals surface area contributed by atoms with Crippen LogP contribution < -0.4 is 10.6 Å². The second-order valence-corrected chi connectivity index (χ2v) is 5.72. The van der Waals surface area contributed by atoms with Crippen molar-refractivity contribution in [3.05, 3.63) is 29.8 Å². The van der Waals surface area contributed by atoms with E-state index in [1.165, 1.54) is 4.90 Å². The second-order valence-electron chi connectivity index (χ2n) is 5.72. The molecule has 0 radical (unpaired) electrons. The number of carboxylic acids is 1. The van der Waals surface area contributed by atoms with Crippen molar-refractivity contribution in [1.82, 2.24) is 0 Å². The lowest BCUT2D eigenvalue weighted by molar-refractivity contribution is -0.137. The van der Waals surface area contributed by atoms with Crippen molar-refractivity contribution in [3.63, 3.8) is 0 Å². The monoisotopic (exact) mass is 292 g/mol. The van der Waals surface area contributed by atoms with Crippen molar-refractivity contribution < 1.29 is 14.7 Å². The van der Waals surface area contributed by atoms with Gasteiger partial charge in [-0.15, -0.1) is 0 Å². The summed E-state index contributed by atoms with van der Waals surface area (Å²) in [5, 5.41) is 9.06. The maximum absolute atomic E-state index is 12.6. The molecule has 1 atom stereocenters. The number of hydrogen-bond donors (Lipinski definition) is 2. The molecule has 0 spiro atoms. The molecule has 0 fully saturated rings. The standard InChI is InChI=1S/C16H24N2O3/c1-11(2)8-13(9-17)16(21)18(10-15(19)20)14-6-4-12(3)5-7-14/h4-7,11,13H,8-10,17H2,1-3H3,(H,19,20). The third kappa shape index (κ3) is 5.19. The van der Waals surface area contributed by atoms with Gasteiger partial charge in [-0.1, -0.05) is 31.5 Å². The molecule has 3 N–H and O–H groups in total. The predicted octanol–water partition coefficient (Wildman–Crippen LogP) is 2.03. The summed E-state index contributed by atoms with van der Waals surface area (Å²) in [6.45, 7) is 5.84. The molecular weight excluding hydrogens is 268 g/mol. The van der Waals surface area contributed by atoms with Crippen molar-refractivity contribution in [2.45, 2.75) is 27.2 Å². The van der Waals surface area contributed by atoms with E-state index in [0.717, 1.165) is 5.56 Å². The van der Waals surface area contributed by atoms with E-state index in [9.17, 15) is 9.59 Å². The Labute approximate surface area is 125 Å². The van der Waals surface area contributed by atoms with Crippen LogP contribution in [0.4, 0.5) is 5.69 Å². The molecule has 0 bridgehead atoms. The number of rotatable bonds is 7. The number of amides is 1. The molecule has 0 saturated carbocycles. The Morgan fingerprint density at radius 2 is 1.81 bits per heavy atom. The van der Waals surface area contributed by atoms with Gasteiger partial charge < -0.3 is 15.7 Å². The highest BCUT2D eigenvalue weighted by atomic mass is 16.4. The molecule has 1 amide bonds. The van der Waals surface area contributed by atoms with E-state index in [0.29, 0.717) is 18.0 Å². The van der Waals surface area contributed by atoms with Crippen molar-refractivity contribution in [3.8, 4) is 0 Å². The molecule has 116 valence electrons. The van der Waals surface area contributed by atoms with Crippen molar-refractivity contribution in [2.24, 2.45) is 17.6 Å². The van der Waals surface area contributed by atoms with Gasteiger partial charge in [0, 0.05) is 12.2 Å². The fourth-order valence-corrected chi connectivity index (χ4v) is 2.24. The number of carbonyl (C=O) groups excluding carboxylic acids is 1. The summed E-state index contributed by atoms with van der Waals surface area (Å²) in [7, 11) is 0. The van der Waals surface area contributed by atoms with Gasteiger partial charge in [-0.25, -0.2) is 0 Å². The smallest absolute Gasteiger partial charge is 0.323 e. The third-order valence-corrected chi connectivity index (χ3v) is 3.29. The molecular formula is C16H24N2O3. The van der Waals surface area contributed by atoms with Crippen LogP contribution in [0.5, 0.6) is 0 Å². The van der Waals surface area contributed by atoms with E-state index < -0.39 is 5.97 Å². The van der Waals surface area contributed by atoms with Crippen LogP contribution in [-0.4, -0.2) is 30.1 Å². The zero-order chi connectivity index (χ0) is 16.0. The lowest BCUT2D eigenvalue weighted by Gasteiger charge is -2.26. The Bertz CT molecular complexity index is 483. The molecule has 21 heavy (non-hydrogen) atoms. The second kappa shape index (κ2) is 7.78. The van der Waals surface area contributed by atoms with Gasteiger partial charge in [-0.3, -0.25) is 9.59 Å². The summed E-state index contributed by atoms with van der Waals surface area (Å²) in [5.41, 5.74) is 7.35. The van der Waals surface area contributed by atoms with Crippen molar-refractivity contribution in [2.75, 3.05) is 18.0 Å². The maximum atomic E-state index is 12.6. The van der Waals surface area contributed by atoms with E-state index in [4.69, 9.17) is 10.8 Å². The number of aliphatic carboxylic acids is 1. The Hall–Kier alpha value is -1.88. The molecule has 0 heterocycles. The minimum absolute atomic E-state index is 0.221. The van der Waals surface area contributed by atoms with Crippen molar-refractivity contribution >= 4 is 17.6 Å². The summed E-state index contributed by atoms with van der Waals surface area (Å²) in [6.07, 6.45) is 0.650. The lowest BCUT2D eigenvalue weighted by Crippen LogP contribution is -2.42. The fraction of sp³-hybridized carbons (Fsp3) is 0.500. The molecule has 5 heteroatoms. The quantitative estimate of drug-likeness (QED) is 0.805. The first-order chi connectivity index (χ1) is 9.85. The van der Waals surface area contributed by atoms with Crippen LogP contribution in [0.15, 0.2) is 24.3 Å². The Kier molecular flexibility index (Phi) is 6.37. The topological polar surface area (TPSA) is 83.6 Å². The normalized spacial score (nSPS) is 12.2. The zero-order valence-corrected chi connectivity index (χ0v) is 12.9. The molecule has 0 aromatic heterocycles. The summed E-state index contributed by atoms with van der Waals surface area (Å²) < 4.78 is 0. The van der Waals surface area contributed by atoms with Crippen LogP contribution in [0.25, 0.3) is 0 Å². The van der Waals surface area contributed by atoms with Crippen LogP contribution in [0.3, 0.4) is 0 Å². The average molecular weight is 292 g/mol. The zero-order valence-electron chi connectivity index (χ0n) is 12.9. The Morgan fingerprint density at radius 1 is 1.24 bits per heavy atom. The van der Waals surface area contributed by atoms with Gasteiger partial charge in [0.05, 0.1) is 5.92 Å². The van der Waals surface area contributed by atoms with Gasteiger partial charge in [-0.05, 0) is 31.4 Å². The Balaban J connectivity index is 3.03. The largest absolute Gasteiger partial charge is 0.480 e. The minimum atomic E-state index is -1.04. The van der Waals surface area contributed by atoms with Gasteiger partial charge in [0.2, 0.25) is 5.91 Å². The summed E-state index contributed by atoms with van der Waals surface area (Å²) >= 11 is 0. The van der Waals surface area contributed by atoms with Gasteiger partial charge in [0.15, 0.2) is 0 Å². The number of hydrogen-bond acceptors (Lipinski definition) is 3. The highest BCUT2D eigenvalue weighted by Crippen LogP contribution is 2.20. The first kappa shape index (κ1) is 17.2. The van der Waals surface area contributed by atoms with Gasteiger partial charge in [0.1, 0.15) is 6.54 Å². The molecule has 1 aromatic carbocycles. The number of aryl methyl sites for hydroxylation is 1. The molecule has 0 aliphatic heterocycles. The first-order valence-electron chi connectivity index (χ1n) is 7.15. The third-order valence-electron chi connectivity index (χ3n) is 3.29. The van der Waals surface area contributed by atoms with Gasteiger partial charge in [-0.2, -0.15) is 0 Å². The molecule has 5 nitrogen and oxygen atoms in total. The highest BCUT2D eigenvalue weighted by Gasteiger charge is 2.26. The highest BCUT2D eigenvalue weighted by molar-refractivity contribution is 5.98. The van der Waals surface area contributed by atoms with E-state index in [2.05, 4.69) is 0 Å². The molecule has 1 rings (SSSR count). The van der Waals surface area contributed by atoms with Crippen LogP contribution in [0.2, 0.25) is 0 Å². The van der Waals surface area contributed by atoms with E-state index >= 15 is 0 Å². The average Bonchev–Trinajstić information content (AvgIpc) is 2.42. The number of benzene rings is 1. The van der Waals surface area contributed by atoms with Gasteiger partial charge >= 0.3 is 5.97 Å². The summed E-state index contributed by atoms with van der Waals surface area (Å²) in [6, 6.07) is 7.24. The predicted molar refractivity (Wildman–Crippen MR) is 83.2 cm³/mol. The fourth-order valence-electron chi connectivity index (χ4n) is 2.24. The maximum Gasteiger partial charge on any atom is 0.323 e. The number of carbonyl (C=O) groups is 2. The molecule has 1 aromatic rings. The van der Waals surface area contributed by atoms with Crippen molar-refractivity contribution in [1.29, 1.82) is 0 Å². The number of carboxylic acid groups (broad SMARTS) is 1. The van der Waals surface area contributed by atoms with Gasteiger partial charge in [0.25, 0.3) is 0 Å². The van der Waals surface area contributed by atoms with E-state index in [1.54, 1.807) is 12.1 Å². The van der Waals surface area contributed by atoms with Crippen LogP contribution in [0, 0.1) is 18.8 Å². The molecule has 0 saturated heterocycles. The summed E-state index contributed by atoms with van der Waals surface area (Å²) in [5.74, 6) is -1.29.